The Kier molecular flexibility index (Phi) is 7.54. The van der Waals surface area contributed by atoms with E-state index in [1.165, 1.54) is 18.2 Å². The molecule has 1 atom stereocenters. The van der Waals surface area contributed by atoms with Gasteiger partial charge >= 0.3 is 0 Å². The summed E-state index contributed by atoms with van der Waals surface area (Å²) in [5.41, 5.74) is 3.95. The highest BCUT2D eigenvalue weighted by Gasteiger charge is 2.44. The highest BCUT2D eigenvalue weighted by Crippen LogP contribution is 2.46. The molecule has 0 amide bonds. The minimum Gasteiger partial charge on any atom is -0.283 e. The van der Waals surface area contributed by atoms with Crippen LogP contribution in [-0.4, -0.2) is 24.3 Å². The second-order valence-corrected chi connectivity index (χ2v) is 12.2. The Morgan fingerprint density at radius 2 is 1.50 bits per heavy atom. The van der Waals surface area contributed by atoms with Crippen LogP contribution in [0.3, 0.4) is 0 Å². The molecule has 0 saturated heterocycles. The summed E-state index contributed by atoms with van der Waals surface area (Å²) >= 11 is 6.12. The molecule has 0 fully saturated rings. The lowest BCUT2D eigenvalue weighted by molar-refractivity contribution is 0.293. The second-order valence-electron chi connectivity index (χ2n) is 11.7. The minimum atomic E-state index is -0.863. The van der Waals surface area contributed by atoms with Gasteiger partial charge in [-0.25, -0.2) is 18.7 Å². The molecule has 3 heterocycles. The lowest BCUT2D eigenvalue weighted by Gasteiger charge is -2.41. The van der Waals surface area contributed by atoms with Crippen molar-refractivity contribution in [2.75, 3.05) is 0 Å². The zero-order valence-corrected chi connectivity index (χ0v) is 26.3. The average Bonchev–Trinajstić information content (AvgIpc) is 3.75. The van der Waals surface area contributed by atoms with Crippen LogP contribution in [0.5, 0.6) is 0 Å². The first-order chi connectivity index (χ1) is 23.5. The minimum absolute atomic E-state index is 0.0711. The van der Waals surface area contributed by atoms with Gasteiger partial charge in [0.05, 0.1) is 21.6 Å². The quantitative estimate of drug-likeness (QED) is 0.172. The molecular formula is C40H28ClF2N5. The SMILES string of the molecule is Fc1cccc(F)c1-c1nn(C(c2ccccc2)(c2ccccc2)C2C=CC=CC2)cc1-c1ccc2ncn(-c3ccc(Cl)cn3)c2c1. The smallest absolute Gasteiger partial charge is 0.138 e. The summed E-state index contributed by atoms with van der Waals surface area (Å²) in [6.45, 7) is 0. The topological polar surface area (TPSA) is 48.5 Å². The maximum Gasteiger partial charge on any atom is 0.138 e. The molecule has 7 aromatic rings. The molecule has 0 spiro atoms. The van der Waals surface area contributed by atoms with Gasteiger partial charge in [-0.2, -0.15) is 5.10 Å². The van der Waals surface area contributed by atoms with Crippen molar-refractivity contribution in [3.8, 4) is 28.2 Å². The Morgan fingerprint density at radius 1 is 0.771 bits per heavy atom. The van der Waals surface area contributed by atoms with Crippen molar-refractivity contribution in [3.63, 3.8) is 0 Å². The van der Waals surface area contributed by atoms with E-state index in [-0.39, 0.29) is 17.2 Å². The van der Waals surface area contributed by atoms with E-state index >= 15 is 8.78 Å². The van der Waals surface area contributed by atoms with Crippen LogP contribution in [0.25, 0.3) is 39.2 Å². The summed E-state index contributed by atoms with van der Waals surface area (Å²) in [5.74, 6) is -0.815. The lowest BCUT2D eigenvalue weighted by Crippen LogP contribution is -2.43. The van der Waals surface area contributed by atoms with Crippen LogP contribution >= 0.6 is 11.6 Å². The fourth-order valence-electron chi connectivity index (χ4n) is 6.85. The number of hydrogen-bond donors (Lipinski definition) is 0. The van der Waals surface area contributed by atoms with Crippen LogP contribution in [-0.2, 0) is 5.54 Å². The third-order valence-electron chi connectivity index (χ3n) is 9.04. The molecule has 0 aliphatic heterocycles. The van der Waals surface area contributed by atoms with Crippen molar-refractivity contribution in [2.24, 2.45) is 5.92 Å². The predicted octanol–water partition coefficient (Wildman–Crippen LogP) is 9.81. The van der Waals surface area contributed by atoms with E-state index in [0.29, 0.717) is 16.4 Å². The largest absolute Gasteiger partial charge is 0.283 e. The molecule has 0 bridgehead atoms. The van der Waals surface area contributed by atoms with Crippen molar-refractivity contribution in [1.29, 1.82) is 0 Å². The van der Waals surface area contributed by atoms with Crippen molar-refractivity contribution in [2.45, 2.75) is 12.0 Å². The van der Waals surface area contributed by atoms with Crippen LogP contribution in [0.1, 0.15) is 17.5 Å². The molecule has 3 aromatic heterocycles. The molecule has 8 heteroatoms. The number of nitrogens with zero attached hydrogens (tertiary/aromatic N) is 5. The van der Waals surface area contributed by atoms with E-state index < -0.39 is 17.2 Å². The first kappa shape index (κ1) is 29.7. The van der Waals surface area contributed by atoms with Crippen molar-refractivity contribution >= 4 is 22.6 Å². The highest BCUT2D eigenvalue weighted by atomic mass is 35.5. The maximum absolute atomic E-state index is 15.7. The first-order valence-electron chi connectivity index (χ1n) is 15.6. The zero-order chi connectivity index (χ0) is 32.7. The number of halogens is 3. The van der Waals surface area contributed by atoms with E-state index in [2.05, 4.69) is 52.5 Å². The van der Waals surface area contributed by atoms with Gasteiger partial charge in [0.2, 0.25) is 0 Å². The number of benzene rings is 4. The summed E-state index contributed by atoms with van der Waals surface area (Å²) in [7, 11) is 0. The van der Waals surface area contributed by atoms with Crippen LogP contribution in [0.4, 0.5) is 8.78 Å². The van der Waals surface area contributed by atoms with Gasteiger partial charge in [-0.1, -0.05) is 109 Å². The summed E-state index contributed by atoms with van der Waals surface area (Å²) in [6, 6.07) is 33.6. The molecule has 234 valence electrons. The average molecular weight is 652 g/mol. The van der Waals surface area contributed by atoms with Crippen molar-refractivity contribution < 1.29 is 8.78 Å². The lowest BCUT2D eigenvalue weighted by atomic mass is 9.70. The summed E-state index contributed by atoms with van der Waals surface area (Å²) in [4.78, 5) is 9.06. The molecule has 1 aliphatic rings. The zero-order valence-electron chi connectivity index (χ0n) is 25.6. The number of hydrogen-bond acceptors (Lipinski definition) is 3. The molecule has 0 radical (unpaired) electrons. The number of pyridine rings is 1. The number of fused-ring (bicyclic) bond motifs is 1. The standard InChI is InChI=1S/C40H28ClF2N5/c41-31-20-22-37(44-24-31)47-26-45-35-21-19-27(23-36(35)47)32-25-48(46-39(32)38-33(42)17-10-18-34(38)43)40(28-11-4-1-5-12-28,29-13-6-2-7-14-29)30-15-8-3-9-16-30/h1-15,17-26,30H,16H2. The van der Waals surface area contributed by atoms with E-state index in [4.69, 9.17) is 16.7 Å². The van der Waals surface area contributed by atoms with Crippen LogP contribution in [0.15, 0.2) is 152 Å². The number of rotatable bonds is 7. The highest BCUT2D eigenvalue weighted by molar-refractivity contribution is 6.30. The van der Waals surface area contributed by atoms with Crippen LogP contribution in [0.2, 0.25) is 5.02 Å². The summed E-state index contributed by atoms with van der Waals surface area (Å²) in [5, 5.41) is 5.69. The molecule has 4 aromatic carbocycles. The molecule has 0 saturated carbocycles. The number of aromatic nitrogens is 5. The summed E-state index contributed by atoms with van der Waals surface area (Å²) < 4.78 is 35.2. The van der Waals surface area contributed by atoms with Gasteiger partial charge in [0.25, 0.3) is 0 Å². The normalized spacial score (nSPS) is 14.5. The number of imidazole rings is 1. The third-order valence-corrected chi connectivity index (χ3v) is 9.26. The Morgan fingerprint density at radius 3 is 2.15 bits per heavy atom. The van der Waals surface area contributed by atoms with Gasteiger partial charge in [0.1, 0.15) is 35.0 Å². The van der Waals surface area contributed by atoms with Gasteiger partial charge in [-0.05, 0) is 59.5 Å². The van der Waals surface area contributed by atoms with Gasteiger partial charge in [0, 0.05) is 23.9 Å². The van der Waals surface area contributed by atoms with Gasteiger partial charge < -0.3 is 0 Å². The Hall–Kier alpha value is -5.66. The molecule has 8 rings (SSSR count). The van der Waals surface area contributed by atoms with Crippen molar-refractivity contribution in [1.82, 2.24) is 24.3 Å². The molecule has 1 unspecified atom stereocenters. The van der Waals surface area contributed by atoms with E-state index in [1.54, 1.807) is 18.6 Å². The number of allylic oxidation sites excluding steroid dienone is 4. The predicted molar refractivity (Wildman–Crippen MR) is 186 cm³/mol. The van der Waals surface area contributed by atoms with Crippen LogP contribution < -0.4 is 0 Å². The molecule has 5 nitrogen and oxygen atoms in total. The molecule has 48 heavy (non-hydrogen) atoms. The van der Waals surface area contributed by atoms with Crippen LogP contribution in [0, 0.1) is 17.6 Å². The Bertz CT molecular complexity index is 2250. The van der Waals surface area contributed by atoms with E-state index in [0.717, 1.165) is 34.1 Å². The second kappa shape index (κ2) is 12.2. The van der Waals surface area contributed by atoms with Gasteiger partial charge in [-0.15, -0.1) is 0 Å². The van der Waals surface area contributed by atoms with Crippen molar-refractivity contribution in [3.05, 3.63) is 180 Å². The Balaban J connectivity index is 1.43. The fraction of sp³-hybridized carbons (Fsp3) is 0.0750. The summed E-state index contributed by atoms with van der Waals surface area (Å²) in [6.07, 6.45) is 14.4. The molecule has 0 N–H and O–H groups in total. The van der Waals surface area contributed by atoms with Gasteiger partial charge in [0.15, 0.2) is 0 Å². The van der Waals surface area contributed by atoms with E-state index in [9.17, 15) is 0 Å². The first-order valence-corrected chi connectivity index (χ1v) is 16.0. The maximum atomic E-state index is 15.7. The monoisotopic (exact) mass is 651 g/mol. The fourth-order valence-corrected chi connectivity index (χ4v) is 6.96. The Labute approximate surface area is 281 Å². The molecular weight excluding hydrogens is 624 g/mol. The molecule has 1 aliphatic carbocycles. The van der Waals surface area contributed by atoms with Gasteiger partial charge in [-0.3, -0.25) is 9.25 Å². The third kappa shape index (κ3) is 4.95. The van der Waals surface area contributed by atoms with E-state index in [1.807, 2.05) is 82.2 Å².